The standard InChI is InChI=1S/C17H18FN5O3/c1-11(9-19)25-15-14(16(24)26-20-2)10-22-17(23-15)21-7-6-12-4-3-5-13(18)8-12/h3-5,8,10H,1-2,6-7,9,19H2,(H,21,22,23). The van der Waals surface area contributed by atoms with E-state index in [0.717, 1.165) is 5.56 Å². The van der Waals surface area contributed by atoms with Crippen LogP contribution in [0.5, 0.6) is 5.88 Å². The maximum Gasteiger partial charge on any atom is 0.372 e. The van der Waals surface area contributed by atoms with E-state index < -0.39 is 5.97 Å². The molecule has 0 amide bonds. The lowest BCUT2D eigenvalue weighted by Crippen LogP contribution is -2.14. The molecule has 0 aliphatic rings. The zero-order valence-electron chi connectivity index (χ0n) is 13.9. The van der Waals surface area contributed by atoms with Gasteiger partial charge in [0.15, 0.2) is 0 Å². The number of rotatable bonds is 9. The number of oxime groups is 1. The first-order valence-corrected chi connectivity index (χ1v) is 7.62. The monoisotopic (exact) mass is 359 g/mol. The van der Waals surface area contributed by atoms with Crippen molar-refractivity contribution in [3.63, 3.8) is 0 Å². The second-order valence-corrected chi connectivity index (χ2v) is 5.07. The number of nitrogens with zero attached hydrogens (tertiary/aromatic N) is 3. The lowest BCUT2D eigenvalue weighted by Gasteiger charge is -2.11. The van der Waals surface area contributed by atoms with Crippen molar-refractivity contribution >= 4 is 18.6 Å². The molecule has 0 atom stereocenters. The van der Waals surface area contributed by atoms with Crippen LogP contribution in [0, 0.1) is 5.82 Å². The highest BCUT2D eigenvalue weighted by atomic mass is 19.1. The Labute approximate surface area is 149 Å². The largest absolute Gasteiger partial charge is 0.442 e. The van der Waals surface area contributed by atoms with Crippen LogP contribution in [0.1, 0.15) is 15.9 Å². The minimum absolute atomic E-state index is 0.0422. The normalized spacial score (nSPS) is 10.1. The number of hydrogen-bond acceptors (Lipinski definition) is 8. The second-order valence-electron chi connectivity index (χ2n) is 5.07. The topological polar surface area (TPSA) is 112 Å². The number of nitrogens with two attached hydrogens (primary N) is 1. The molecule has 1 heterocycles. The average molecular weight is 359 g/mol. The zero-order valence-corrected chi connectivity index (χ0v) is 13.9. The van der Waals surface area contributed by atoms with Gasteiger partial charge in [-0.3, -0.25) is 0 Å². The molecule has 136 valence electrons. The summed E-state index contributed by atoms with van der Waals surface area (Å²) in [6.45, 7) is 7.16. The van der Waals surface area contributed by atoms with E-state index in [4.69, 9.17) is 10.5 Å². The van der Waals surface area contributed by atoms with Crippen molar-refractivity contribution in [1.82, 2.24) is 9.97 Å². The van der Waals surface area contributed by atoms with Crippen LogP contribution in [0.15, 0.2) is 48.0 Å². The third kappa shape index (κ3) is 5.35. The van der Waals surface area contributed by atoms with Crippen molar-refractivity contribution in [2.45, 2.75) is 6.42 Å². The van der Waals surface area contributed by atoms with Crippen molar-refractivity contribution in [1.29, 1.82) is 0 Å². The number of carbonyl (C=O) groups excluding carboxylic acids is 1. The number of carbonyl (C=O) groups is 1. The minimum atomic E-state index is -0.828. The van der Waals surface area contributed by atoms with Gasteiger partial charge in [-0.15, -0.1) is 0 Å². The van der Waals surface area contributed by atoms with Gasteiger partial charge in [0.1, 0.15) is 17.1 Å². The van der Waals surface area contributed by atoms with E-state index in [1.807, 2.05) is 6.07 Å². The summed E-state index contributed by atoms with van der Waals surface area (Å²) in [4.78, 5) is 24.5. The molecule has 0 saturated heterocycles. The van der Waals surface area contributed by atoms with Crippen LogP contribution < -0.4 is 15.8 Å². The van der Waals surface area contributed by atoms with Gasteiger partial charge in [0.05, 0.1) is 12.7 Å². The molecule has 9 heteroatoms. The second kappa shape index (κ2) is 9.23. The predicted molar refractivity (Wildman–Crippen MR) is 94.4 cm³/mol. The van der Waals surface area contributed by atoms with Crippen molar-refractivity contribution in [3.8, 4) is 5.88 Å². The number of nitrogens with one attached hydrogen (secondary N) is 1. The highest BCUT2D eigenvalue weighted by molar-refractivity contribution is 5.91. The summed E-state index contributed by atoms with van der Waals surface area (Å²) < 4.78 is 18.5. The predicted octanol–water partition coefficient (Wildman–Crippen LogP) is 1.89. The van der Waals surface area contributed by atoms with Gasteiger partial charge in [0, 0.05) is 13.3 Å². The summed E-state index contributed by atoms with van der Waals surface area (Å²) in [6.07, 6.45) is 1.78. The van der Waals surface area contributed by atoms with E-state index in [2.05, 4.69) is 38.6 Å². The molecule has 3 N–H and O–H groups in total. The van der Waals surface area contributed by atoms with Crippen LogP contribution in [0.2, 0.25) is 0 Å². The fourth-order valence-corrected chi connectivity index (χ4v) is 1.97. The summed E-state index contributed by atoms with van der Waals surface area (Å²) in [5.41, 5.74) is 6.21. The SMILES string of the molecule is C=NOC(=O)c1cnc(NCCc2cccc(F)c2)nc1OC(=C)CN. The number of hydrogen-bond donors (Lipinski definition) is 2. The molecule has 0 bridgehead atoms. The van der Waals surface area contributed by atoms with E-state index in [1.54, 1.807) is 6.07 Å². The number of halogens is 1. The average Bonchev–Trinajstić information content (AvgIpc) is 2.62. The molecule has 0 radical (unpaired) electrons. The Balaban J connectivity index is 2.10. The Bertz CT molecular complexity index is 813. The summed E-state index contributed by atoms with van der Waals surface area (Å²) in [7, 11) is 0. The first-order chi connectivity index (χ1) is 12.5. The smallest absolute Gasteiger partial charge is 0.372 e. The molecule has 0 aliphatic carbocycles. The van der Waals surface area contributed by atoms with Gasteiger partial charge in [0.25, 0.3) is 0 Å². The molecular weight excluding hydrogens is 341 g/mol. The molecular formula is C17H18FN5O3. The van der Waals surface area contributed by atoms with Crippen LogP contribution in [0.25, 0.3) is 0 Å². The van der Waals surface area contributed by atoms with Crippen LogP contribution in [-0.2, 0) is 11.3 Å². The number of ether oxygens (including phenoxy) is 1. The van der Waals surface area contributed by atoms with Crippen LogP contribution in [0.4, 0.5) is 10.3 Å². The van der Waals surface area contributed by atoms with Gasteiger partial charge in [-0.05, 0) is 24.1 Å². The maximum absolute atomic E-state index is 13.2. The van der Waals surface area contributed by atoms with E-state index in [0.29, 0.717) is 13.0 Å². The quantitative estimate of drug-likeness (QED) is 0.304. The molecule has 1 aromatic heterocycles. The number of aromatic nitrogens is 2. The van der Waals surface area contributed by atoms with E-state index in [-0.39, 0.29) is 35.5 Å². The molecule has 0 saturated carbocycles. The van der Waals surface area contributed by atoms with Crippen molar-refractivity contribution in [2.75, 3.05) is 18.4 Å². The van der Waals surface area contributed by atoms with Gasteiger partial charge in [0.2, 0.25) is 11.8 Å². The fourth-order valence-electron chi connectivity index (χ4n) is 1.97. The Kier molecular flexibility index (Phi) is 6.75. The van der Waals surface area contributed by atoms with E-state index >= 15 is 0 Å². The highest BCUT2D eigenvalue weighted by Crippen LogP contribution is 2.20. The van der Waals surface area contributed by atoms with Gasteiger partial charge in [-0.1, -0.05) is 23.9 Å². The fraction of sp³-hybridized carbons (Fsp3) is 0.176. The first-order valence-electron chi connectivity index (χ1n) is 7.62. The van der Waals surface area contributed by atoms with Crippen LogP contribution in [0.3, 0.4) is 0 Å². The summed E-state index contributed by atoms with van der Waals surface area (Å²) in [5.74, 6) is -0.781. The molecule has 0 fully saturated rings. The summed E-state index contributed by atoms with van der Waals surface area (Å²) in [6, 6.07) is 6.28. The van der Waals surface area contributed by atoms with Gasteiger partial charge in [-0.25, -0.2) is 14.2 Å². The number of anilines is 1. The molecule has 1 aromatic carbocycles. The molecule has 0 spiro atoms. The molecule has 8 nitrogen and oxygen atoms in total. The zero-order chi connectivity index (χ0) is 18.9. The van der Waals surface area contributed by atoms with Crippen molar-refractivity contribution in [2.24, 2.45) is 10.9 Å². The van der Waals surface area contributed by atoms with Gasteiger partial charge in [-0.2, -0.15) is 4.98 Å². The van der Waals surface area contributed by atoms with Crippen molar-refractivity contribution < 1.29 is 18.8 Å². The summed E-state index contributed by atoms with van der Waals surface area (Å²) >= 11 is 0. The molecule has 0 aliphatic heterocycles. The minimum Gasteiger partial charge on any atom is -0.442 e. The molecule has 26 heavy (non-hydrogen) atoms. The number of benzene rings is 1. The van der Waals surface area contributed by atoms with Crippen molar-refractivity contribution in [3.05, 3.63) is 59.7 Å². The lowest BCUT2D eigenvalue weighted by molar-refractivity contribution is 0.0516. The van der Waals surface area contributed by atoms with E-state index in [1.165, 1.54) is 18.3 Å². The lowest BCUT2D eigenvalue weighted by atomic mass is 10.1. The Morgan fingerprint density at radius 2 is 2.23 bits per heavy atom. The third-order valence-corrected chi connectivity index (χ3v) is 3.18. The van der Waals surface area contributed by atoms with Crippen LogP contribution in [-0.4, -0.2) is 35.7 Å². The molecule has 2 rings (SSSR count). The summed E-state index contributed by atoms with van der Waals surface area (Å²) in [5, 5.41) is 6.03. The highest BCUT2D eigenvalue weighted by Gasteiger charge is 2.18. The van der Waals surface area contributed by atoms with E-state index in [9.17, 15) is 9.18 Å². The third-order valence-electron chi connectivity index (χ3n) is 3.18. The van der Waals surface area contributed by atoms with Gasteiger partial charge >= 0.3 is 5.97 Å². The maximum atomic E-state index is 13.2. The Hall–Kier alpha value is -3.33. The first kappa shape index (κ1) is 19.0. The van der Waals surface area contributed by atoms with Gasteiger partial charge < -0.3 is 20.6 Å². The molecule has 2 aromatic rings. The Morgan fingerprint density at radius 3 is 2.92 bits per heavy atom. The molecule has 0 unspecified atom stereocenters. The van der Waals surface area contributed by atoms with Crippen LogP contribution >= 0.6 is 0 Å². The Morgan fingerprint density at radius 1 is 1.42 bits per heavy atom.